The molecule has 26 heavy (non-hydrogen) atoms. The minimum atomic E-state index is -0.468. The van der Waals surface area contributed by atoms with Gasteiger partial charge < -0.3 is 14.5 Å². The van der Waals surface area contributed by atoms with Gasteiger partial charge in [-0.25, -0.2) is 0 Å². The molecule has 5 nitrogen and oxygen atoms in total. The van der Waals surface area contributed by atoms with E-state index in [1.807, 2.05) is 57.2 Å². The van der Waals surface area contributed by atoms with Crippen LogP contribution >= 0.6 is 0 Å². The van der Waals surface area contributed by atoms with Gasteiger partial charge in [0.15, 0.2) is 6.61 Å². The van der Waals surface area contributed by atoms with Gasteiger partial charge in [0.25, 0.3) is 5.91 Å². The van der Waals surface area contributed by atoms with Crippen LogP contribution < -0.4 is 5.32 Å². The number of anilines is 1. The third-order valence-corrected chi connectivity index (χ3v) is 4.18. The number of fused-ring (bicyclic) bond motifs is 1. The Balaban J connectivity index is 1.56. The Morgan fingerprint density at radius 3 is 2.58 bits per heavy atom. The van der Waals surface area contributed by atoms with Crippen LogP contribution in [-0.4, -0.2) is 18.5 Å². The van der Waals surface area contributed by atoms with Gasteiger partial charge in [-0.2, -0.15) is 0 Å². The molecule has 0 aliphatic rings. The topological polar surface area (TPSA) is 68.5 Å². The van der Waals surface area contributed by atoms with Gasteiger partial charge in [0.05, 0.1) is 12.7 Å². The molecule has 0 saturated carbocycles. The van der Waals surface area contributed by atoms with Crippen molar-refractivity contribution >= 4 is 28.5 Å². The number of carbonyl (C=O) groups is 2. The molecule has 0 spiro atoms. The van der Waals surface area contributed by atoms with Crippen LogP contribution in [0.15, 0.2) is 47.1 Å². The van der Waals surface area contributed by atoms with Crippen LogP contribution in [0.3, 0.4) is 0 Å². The Morgan fingerprint density at radius 2 is 1.77 bits per heavy atom. The molecule has 3 rings (SSSR count). The zero-order valence-electron chi connectivity index (χ0n) is 15.1. The summed E-state index contributed by atoms with van der Waals surface area (Å²) >= 11 is 0. The van der Waals surface area contributed by atoms with E-state index in [1.54, 1.807) is 6.26 Å². The fraction of sp³-hybridized carbons (Fsp3) is 0.238. The van der Waals surface area contributed by atoms with Gasteiger partial charge in [0, 0.05) is 16.6 Å². The number of hydrogen-bond acceptors (Lipinski definition) is 4. The number of ether oxygens (including phenoxy) is 1. The number of esters is 1. The molecule has 1 heterocycles. The first-order valence-corrected chi connectivity index (χ1v) is 8.42. The molecule has 0 unspecified atom stereocenters. The van der Waals surface area contributed by atoms with Crippen LogP contribution in [0.5, 0.6) is 0 Å². The molecule has 134 valence electrons. The van der Waals surface area contributed by atoms with Crippen LogP contribution in [0.4, 0.5) is 5.69 Å². The quantitative estimate of drug-likeness (QED) is 0.703. The highest BCUT2D eigenvalue weighted by Gasteiger charge is 2.13. The Labute approximate surface area is 152 Å². The number of aryl methyl sites for hydroxylation is 3. The molecule has 2 aromatic carbocycles. The highest BCUT2D eigenvalue weighted by molar-refractivity contribution is 5.94. The second-order valence-electron chi connectivity index (χ2n) is 6.46. The lowest BCUT2D eigenvalue weighted by Crippen LogP contribution is -2.22. The van der Waals surface area contributed by atoms with Gasteiger partial charge in [-0.15, -0.1) is 0 Å². The average molecular weight is 351 g/mol. The van der Waals surface area contributed by atoms with Gasteiger partial charge >= 0.3 is 5.97 Å². The summed E-state index contributed by atoms with van der Waals surface area (Å²) in [6, 6.07) is 11.6. The number of benzene rings is 2. The normalized spacial score (nSPS) is 10.7. The van der Waals surface area contributed by atoms with E-state index in [0.717, 1.165) is 38.9 Å². The third-order valence-electron chi connectivity index (χ3n) is 4.18. The zero-order chi connectivity index (χ0) is 18.7. The predicted molar refractivity (Wildman–Crippen MR) is 100 cm³/mol. The van der Waals surface area contributed by atoms with Crippen molar-refractivity contribution in [2.24, 2.45) is 0 Å². The van der Waals surface area contributed by atoms with E-state index in [4.69, 9.17) is 9.15 Å². The maximum atomic E-state index is 12.1. The number of hydrogen-bond donors (Lipinski definition) is 1. The maximum Gasteiger partial charge on any atom is 0.310 e. The molecule has 5 heteroatoms. The van der Waals surface area contributed by atoms with Crippen molar-refractivity contribution in [1.82, 2.24) is 0 Å². The van der Waals surface area contributed by atoms with Crippen LogP contribution in [0, 0.1) is 20.8 Å². The van der Waals surface area contributed by atoms with Gasteiger partial charge in [0.2, 0.25) is 0 Å². The van der Waals surface area contributed by atoms with Crippen molar-refractivity contribution in [3.05, 3.63) is 64.9 Å². The number of furan rings is 1. The lowest BCUT2D eigenvalue weighted by atomic mass is 10.1. The SMILES string of the molecule is Cc1ccc(C)c(NC(=O)COC(=O)Cc2coc3cc(C)ccc23)c1. The van der Waals surface area contributed by atoms with Gasteiger partial charge in [0.1, 0.15) is 5.58 Å². The summed E-state index contributed by atoms with van der Waals surface area (Å²) in [5.74, 6) is -0.830. The number of carbonyl (C=O) groups excluding carboxylic acids is 2. The van der Waals surface area contributed by atoms with E-state index >= 15 is 0 Å². The summed E-state index contributed by atoms with van der Waals surface area (Å²) in [6.07, 6.45) is 1.62. The first-order valence-electron chi connectivity index (χ1n) is 8.42. The highest BCUT2D eigenvalue weighted by atomic mass is 16.5. The third kappa shape index (κ3) is 4.11. The standard InChI is InChI=1S/C21H21NO4/c1-13-4-6-15(3)18(8-13)22-20(23)12-26-21(24)10-16-11-25-19-9-14(2)5-7-17(16)19/h4-9,11H,10,12H2,1-3H3,(H,22,23). The lowest BCUT2D eigenvalue weighted by molar-refractivity contribution is -0.146. The van der Waals surface area contributed by atoms with Crippen molar-refractivity contribution in [3.8, 4) is 0 Å². The van der Waals surface area contributed by atoms with E-state index in [9.17, 15) is 9.59 Å². The zero-order valence-corrected chi connectivity index (χ0v) is 15.1. The molecular formula is C21H21NO4. The molecule has 0 fully saturated rings. The first kappa shape index (κ1) is 17.7. The molecule has 3 aromatic rings. The average Bonchev–Trinajstić information content (AvgIpc) is 2.98. The largest absolute Gasteiger partial charge is 0.464 e. The molecular weight excluding hydrogens is 330 g/mol. The number of amides is 1. The molecule has 0 aliphatic carbocycles. The van der Waals surface area contributed by atoms with Gasteiger partial charge in [-0.1, -0.05) is 24.3 Å². The Hall–Kier alpha value is -3.08. The summed E-state index contributed by atoms with van der Waals surface area (Å²) in [7, 11) is 0. The molecule has 0 bridgehead atoms. The highest BCUT2D eigenvalue weighted by Crippen LogP contribution is 2.23. The van der Waals surface area contributed by atoms with E-state index in [-0.39, 0.29) is 18.9 Å². The number of rotatable bonds is 5. The van der Waals surface area contributed by atoms with E-state index in [2.05, 4.69) is 5.32 Å². The van der Waals surface area contributed by atoms with Crippen LogP contribution in [0.1, 0.15) is 22.3 Å². The second kappa shape index (κ2) is 7.44. The van der Waals surface area contributed by atoms with Gasteiger partial charge in [-0.05, 0) is 49.6 Å². The molecule has 1 aromatic heterocycles. The fourth-order valence-corrected chi connectivity index (χ4v) is 2.74. The summed E-state index contributed by atoms with van der Waals surface area (Å²) in [5.41, 5.74) is 5.30. The smallest absolute Gasteiger partial charge is 0.310 e. The van der Waals surface area contributed by atoms with E-state index in [1.165, 1.54) is 0 Å². The second-order valence-corrected chi connectivity index (χ2v) is 6.46. The monoisotopic (exact) mass is 351 g/mol. The molecule has 1 amide bonds. The maximum absolute atomic E-state index is 12.1. The van der Waals surface area contributed by atoms with Crippen LogP contribution in [-0.2, 0) is 20.7 Å². The van der Waals surface area contributed by atoms with E-state index in [0.29, 0.717) is 0 Å². The number of nitrogens with one attached hydrogen (secondary N) is 1. The fourth-order valence-electron chi connectivity index (χ4n) is 2.74. The molecule has 1 N–H and O–H groups in total. The van der Waals surface area contributed by atoms with Crippen molar-refractivity contribution in [1.29, 1.82) is 0 Å². The first-order chi connectivity index (χ1) is 12.4. The molecule has 0 saturated heterocycles. The van der Waals surface area contributed by atoms with Crippen molar-refractivity contribution in [2.75, 3.05) is 11.9 Å². The Morgan fingerprint density at radius 1 is 1.04 bits per heavy atom. The summed E-state index contributed by atoms with van der Waals surface area (Å²) < 4.78 is 10.6. The van der Waals surface area contributed by atoms with Gasteiger partial charge in [-0.3, -0.25) is 9.59 Å². The minimum absolute atomic E-state index is 0.0623. The summed E-state index contributed by atoms with van der Waals surface area (Å²) in [6.45, 7) is 5.52. The molecule has 0 aliphatic heterocycles. The van der Waals surface area contributed by atoms with Crippen molar-refractivity contribution in [3.63, 3.8) is 0 Å². The molecule has 0 radical (unpaired) electrons. The van der Waals surface area contributed by atoms with E-state index < -0.39 is 5.97 Å². The Bertz CT molecular complexity index is 971. The molecule has 0 atom stereocenters. The van der Waals surface area contributed by atoms with Crippen molar-refractivity contribution in [2.45, 2.75) is 27.2 Å². The van der Waals surface area contributed by atoms with Crippen LogP contribution in [0.2, 0.25) is 0 Å². The Kier molecular flexibility index (Phi) is 5.07. The summed E-state index contributed by atoms with van der Waals surface area (Å²) in [5, 5.41) is 3.65. The predicted octanol–water partition coefficient (Wildman–Crippen LogP) is 4.08. The minimum Gasteiger partial charge on any atom is -0.464 e. The van der Waals surface area contributed by atoms with Crippen molar-refractivity contribution < 1.29 is 18.7 Å². The lowest BCUT2D eigenvalue weighted by Gasteiger charge is -2.09. The van der Waals surface area contributed by atoms with Crippen LogP contribution in [0.25, 0.3) is 11.0 Å². The summed E-state index contributed by atoms with van der Waals surface area (Å²) in [4.78, 5) is 24.1.